The Kier molecular flexibility index (Phi) is 4.71. The fourth-order valence-electron chi connectivity index (χ4n) is 2.28. The van der Waals surface area contributed by atoms with E-state index in [4.69, 9.17) is 4.74 Å². The fourth-order valence-corrected chi connectivity index (χ4v) is 2.28. The minimum atomic E-state index is 0.128. The Morgan fingerprint density at radius 1 is 1.35 bits per heavy atom. The van der Waals surface area contributed by atoms with Crippen LogP contribution in [0.5, 0.6) is 5.75 Å². The summed E-state index contributed by atoms with van der Waals surface area (Å²) in [6, 6.07) is 8.27. The molecule has 1 aromatic carbocycles. The monoisotopic (exact) mass is 274 g/mol. The van der Waals surface area contributed by atoms with Gasteiger partial charge in [-0.1, -0.05) is 18.7 Å². The summed E-state index contributed by atoms with van der Waals surface area (Å²) in [7, 11) is 0. The number of rotatable bonds is 4. The number of nitrogens with one attached hydrogen (secondary N) is 1. The van der Waals surface area contributed by atoms with Crippen molar-refractivity contribution in [3.63, 3.8) is 0 Å². The number of hydrogen-bond donors (Lipinski definition) is 1. The van der Waals surface area contributed by atoms with Crippen LogP contribution in [-0.2, 0) is 0 Å². The van der Waals surface area contributed by atoms with E-state index in [-0.39, 0.29) is 5.54 Å². The predicted octanol–water partition coefficient (Wildman–Crippen LogP) is 3.22. The summed E-state index contributed by atoms with van der Waals surface area (Å²) >= 11 is 0. The number of benzene rings is 1. The molecule has 1 aromatic rings. The SMILES string of the molecule is C=C(CNC(C)(C)C)CN1CCCOc2ccccc21. The van der Waals surface area contributed by atoms with Crippen LogP contribution in [0.4, 0.5) is 5.69 Å². The molecule has 0 spiro atoms. The second kappa shape index (κ2) is 6.31. The number of ether oxygens (including phenoxy) is 1. The highest BCUT2D eigenvalue weighted by Crippen LogP contribution is 2.30. The van der Waals surface area contributed by atoms with Crippen LogP contribution in [0.3, 0.4) is 0 Å². The molecule has 3 heteroatoms. The van der Waals surface area contributed by atoms with Crippen molar-refractivity contribution in [2.75, 3.05) is 31.1 Å². The maximum Gasteiger partial charge on any atom is 0.142 e. The van der Waals surface area contributed by atoms with Crippen molar-refractivity contribution in [2.45, 2.75) is 32.7 Å². The van der Waals surface area contributed by atoms with E-state index < -0.39 is 0 Å². The highest BCUT2D eigenvalue weighted by molar-refractivity contribution is 5.59. The molecule has 2 rings (SSSR count). The quantitative estimate of drug-likeness (QED) is 0.853. The number of para-hydroxylation sites is 2. The maximum atomic E-state index is 5.79. The summed E-state index contributed by atoms with van der Waals surface area (Å²) < 4.78 is 5.79. The average molecular weight is 274 g/mol. The van der Waals surface area contributed by atoms with E-state index in [0.29, 0.717) is 0 Å². The second-order valence-electron chi connectivity index (χ2n) is 6.44. The van der Waals surface area contributed by atoms with Gasteiger partial charge in [0.15, 0.2) is 0 Å². The molecule has 0 saturated carbocycles. The molecule has 1 heterocycles. The lowest BCUT2D eigenvalue weighted by molar-refractivity contribution is 0.322. The Bertz CT molecular complexity index is 462. The summed E-state index contributed by atoms with van der Waals surface area (Å²) in [5.74, 6) is 0.988. The van der Waals surface area contributed by atoms with Crippen molar-refractivity contribution in [1.29, 1.82) is 0 Å². The van der Waals surface area contributed by atoms with Crippen molar-refractivity contribution < 1.29 is 4.74 Å². The zero-order chi connectivity index (χ0) is 14.6. The second-order valence-corrected chi connectivity index (χ2v) is 6.44. The van der Waals surface area contributed by atoms with E-state index in [1.165, 1.54) is 11.3 Å². The van der Waals surface area contributed by atoms with Gasteiger partial charge in [0.2, 0.25) is 0 Å². The Morgan fingerprint density at radius 3 is 2.85 bits per heavy atom. The van der Waals surface area contributed by atoms with Crippen LogP contribution in [-0.4, -0.2) is 31.8 Å². The molecule has 0 radical (unpaired) electrons. The lowest BCUT2D eigenvalue weighted by Gasteiger charge is -2.27. The van der Waals surface area contributed by atoms with Crippen LogP contribution in [0, 0.1) is 0 Å². The summed E-state index contributed by atoms with van der Waals surface area (Å²) in [5.41, 5.74) is 2.52. The standard InChI is InChI=1S/C17H26N2O/c1-14(12-18-17(2,3)4)13-19-10-7-11-20-16-9-6-5-8-15(16)19/h5-6,8-9,18H,1,7,10-13H2,2-4H3. The van der Waals surface area contributed by atoms with Crippen LogP contribution >= 0.6 is 0 Å². The minimum absolute atomic E-state index is 0.128. The van der Waals surface area contributed by atoms with Crippen molar-refractivity contribution >= 4 is 5.69 Å². The molecule has 0 aliphatic carbocycles. The van der Waals surface area contributed by atoms with Gasteiger partial charge in [-0.25, -0.2) is 0 Å². The van der Waals surface area contributed by atoms with Gasteiger partial charge in [-0.2, -0.15) is 0 Å². The third-order valence-electron chi connectivity index (χ3n) is 3.32. The first-order valence-electron chi connectivity index (χ1n) is 7.34. The first-order chi connectivity index (χ1) is 9.46. The maximum absolute atomic E-state index is 5.79. The van der Waals surface area contributed by atoms with Gasteiger partial charge in [0.1, 0.15) is 5.75 Å². The first-order valence-corrected chi connectivity index (χ1v) is 7.34. The van der Waals surface area contributed by atoms with E-state index >= 15 is 0 Å². The molecule has 3 nitrogen and oxygen atoms in total. The first kappa shape index (κ1) is 14.9. The smallest absolute Gasteiger partial charge is 0.142 e. The summed E-state index contributed by atoms with van der Waals surface area (Å²) in [5, 5.41) is 3.49. The lowest BCUT2D eigenvalue weighted by atomic mass is 10.1. The molecule has 0 saturated heterocycles. The molecule has 1 aliphatic rings. The third-order valence-corrected chi connectivity index (χ3v) is 3.32. The number of fused-ring (bicyclic) bond motifs is 1. The Morgan fingerprint density at radius 2 is 2.10 bits per heavy atom. The lowest BCUT2D eigenvalue weighted by Crippen LogP contribution is -2.39. The van der Waals surface area contributed by atoms with Crippen LogP contribution in [0.15, 0.2) is 36.4 Å². The van der Waals surface area contributed by atoms with Crippen molar-refractivity contribution in [2.24, 2.45) is 0 Å². The highest BCUT2D eigenvalue weighted by Gasteiger charge is 2.17. The molecular weight excluding hydrogens is 248 g/mol. The van der Waals surface area contributed by atoms with E-state index in [1.807, 2.05) is 12.1 Å². The van der Waals surface area contributed by atoms with E-state index in [9.17, 15) is 0 Å². The van der Waals surface area contributed by atoms with Crippen molar-refractivity contribution in [1.82, 2.24) is 5.32 Å². The van der Waals surface area contributed by atoms with Gasteiger partial charge < -0.3 is 15.0 Å². The van der Waals surface area contributed by atoms with E-state index in [1.54, 1.807) is 0 Å². The highest BCUT2D eigenvalue weighted by atomic mass is 16.5. The molecule has 0 unspecified atom stereocenters. The van der Waals surface area contributed by atoms with Crippen LogP contribution in [0.1, 0.15) is 27.2 Å². The zero-order valence-corrected chi connectivity index (χ0v) is 12.9. The van der Waals surface area contributed by atoms with Crippen molar-refractivity contribution in [3.05, 3.63) is 36.4 Å². The summed E-state index contributed by atoms with van der Waals surface area (Å²) in [4.78, 5) is 2.37. The molecule has 20 heavy (non-hydrogen) atoms. The largest absolute Gasteiger partial charge is 0.491 e. The Balaban J connectivity index is 2.00. The molecule has 0 fully saturated rings. The zero-order valence-electron chi connectivity index (χ0n) is 12.9. The predicted molar refractivity (Wildman–Crippen MR) is 85.7 cm³/mol. The molecule has 0 amide bonds. The topological polar surface area (TPSA) is 24.5 Å². The molecule has 1 aliphatic heterocycles. The molecule has 0 atom stereocenters. The number of hydrogen-bond acceptors (Lipinski definition) is 3. The number of anilines is 1. The molecule has 1 N–H and O–H groups in total. The third kappa shape index (κ3) is 4.27. The molecule has 0 bridgehead atoms. The van der Waals surface area contributed by atoms with Gasteiger partial charge in [0.05, 0.1) is 12.3 Å². The van der Waals surface area contributed by atoms with Crippen LogP contribution in [0.2, 0.25) is 0 Å². The van der Waals surface area contributed by atoms with Crippen molar-refractivity contribution in [3.8, 4) is 5.75 Å². The van der Waals surface area contributed by atoms with Gasteiger partial charge in [0.25, 0.3) is 0 Å². The van der Waals surface area contributed by atoms with Gasteiger partial charge >= 0.3 is 0 Å². The van der Waals surface area contributed by atoms with Gasteiger partial charge in [-0.15, -0.1) is 0 Å². The van der Waals surface area contributed by atoms with Gasteiger partial charge in [-0.05, 0) is 44.9 Å². The Hall–Kier alpha value is -1.48. The fraction of sp³-hybridized carbons (Fsp3) is 0.529. The Labute approximate surface area is 122 Å². The summed E-state index contributed by atoms with van der Waals surface area (Å²) in [6.07, 6.45) is 1.05. The molecule has 110 valence electrons. The minimum Gasteiger partial charge on any atom is -0.491 e. The molecular formula is C17H26N2O. The van der Waals surface area contributed by atoms with Gasteiger partial charge in [-0.3, -0.25) is 0 Å². The van der Waals surface area contributed by atoms with Crippen LogP contribution < -0.4 is 15.0 Å². The van der Waals surface area contributed by atoms with E-state index in [0.717, 1.165) is 38.4 Å². The average Bonchev–Trinajstić information content (AvgIpc) is 2.59. The van der Waals surface area contributed by atoms with Crippen LogP contribution in [0.25, 0.3) is 0 Å². The van der Waals surface area contributed by atoms with Gasteiger partial charge in [0, 0.05) is 25.2 Å². The molecule has 0 aromatic heterocycles. The number of nitrogens with zero attached hydrogens (tertiary/aromatic N) is 1. The van der Waals surface area contributed by atoms with E-state index in [2.05, 4.69) is 49.7 Å². The summed E-state index contributed by atoms with van der Waals surface area (Å²) in [6.45, 7) is 14.3. The normalized spacial score (nSPS) is 15.2.